The summed E-state index contributed by atoms with van der Waals surface area (Å²) in [4.78, 5) is 12.1. The molecule has 5 nitrogen and oxygen atoms in total. The zero-order valence-electron chi connectivity index (χ0n) is 12.2. The third-order valence-electron chi connectivity index (χ3n) is 2.86. The fourth-order valence-electron chi connectivity index (χ4n) is 1.72. The van der Waals surface area contributed by atoms with E-state index in [1.165, 1.54) is 20.4 Å². The fourth-order valence-corrected chi connectivity index (χ4v) is 1.84. The number of ether oxygens (including phenoxy) is 2. The lowest BCUT2D eigenvalue weighted by Gasteiger charge is -2.07. The molecule has 0 bridgehead atoms. The molecule has 2 rings (SSSR count). The van der Waals surface area contributed by atoms with Crippen molar-refractivity contribution in [2.45, 2.75) is 0 Å². The van der Waals surface area contributed by atoms with Crippen molar-refractivity contribution in [1.29, 1.82) is 0 Å². The van der Waals surface area contributed by atoms with Crippen LogP contribution in [0.25, 0.3) is 0 Å². The molecule has 0 fully saturated rings. The van der Waals surface area contributed by atoms with E-state index in [4.69, 9.17) is 21.1 Å². The van der Waals surface area contributed by atoms with Gasteiger partial charge in [0.2, 0.25) is 0 Å². The highest BCUT2D eigenvalue weighted by Gasteiger charge is 2.08. The van der Waals surface area contributed by atoms with Crippen molar-refractivity contribution in [1.82, 2.24) is 5.43 Å². The van der Waals surface area contributed by atoms with Gasteiger partial charge in [-0.15, -0.1) is 0 Å². The number of hydrogen-bond donors (Lipinski definition) is 1. The van der Waals surface area contributed by atoms with Gasteiger partial charge < -0.3 is 9.47 Å². The lowest BCUT2D eigenvalue weighted by Crippen LogP contribution is -2.17. The van der Waals surface area contributed by atoms with E-state index < -0.39 is 0 Å². The average molecular weight is 319 g/mol. The third-order valence-corrected chi connectivity index (χ3v) is 3.12. The lowest BCUT2D eigenvalue weighted by molar-refractivity contribution is 0.0954. The number of hydrazone groups is 1. The number of rotatable bonds is 5. The maximum absolute atomic E-state index is 12.1. The van der Waals surface area contributed by atoms with Gasteiger partial charge in [0.25, 0.3) is 5.91 Å². The Morgan fingerprint density at radius 1 is 1.09 bits per heavy atom. The molecule has 0 atom stereocenters. The second kappa shape index (κ2) is 7.47. The summed E-state index contributed by atoms with van der Waals surface area (Å²) in [5.74, 6) is 0.708. The number of hydrogen-bond acceptors (Lipinski definition) is 4. The van der Waals surface area contributed by atoms with Gasteiger partial charge in [-0.25, -0.2) is 5.43 Å². The van der Waals surface area contributed by atoms with Crippen molar-refractivity contribution < 1.29 is 14.3 Å². The molecule has 6 heteroatoms. The number of carbonyl (C=O) groups is 1. The zero-order chi connectivity index (χ0) is 15.9. The van der Waals surface area contributed by atoms with Gasteiger partial charge in [-0.1, -0.05) is 23.7 Å². The second-order valence-electron chi connectivity index (χ2n) is 4.35. The first-order valence-corrected chi connectivity index (χ1v) is 6.82. The molecule has 0 saturated heterocycles. The molecule has 0 aliphatic carbocycles. The first-order chi connectivity index (χ1) is 10.6. The summed E-state index contributed by atoms with van der Waals surface area (Å²) in [5.41, 5.74) is 3.67. The van der Waals surface area contributed by atoms with E-state index in [9.17, 15) is 4.79 Å². The van der Waals surface area contributed by atoms with Crippen molar-refractivity contribution in [2.75, 3.05) is 14.2 Å². The van der Waals surface area contributed by atoms with Gasteiger partial charge in [0.15, 0.2) is 0 Å². The Morgan fingerprint density at radius 3 is 2.23 bits per heavy atom. The van der Waals surface area contributed by atoms with E-state index in [1.807, 2.05) is 0 Å². The predicted molar refractivity (Wildman–Crippen MR) is 86.1 cm³/mol. The number of carbonyl (C=O) groups excluding carboxylic acids is 1. The SMILES string of the molecule is COc1cc(OC)cc(C(=O)N/N=C/c2ccc(Cl)cc2)c1. The molecule has 1 N–H and O–H groups in total. The normalized spacial score (nSPS) is 10.5. The molecule has 0 aliphatic rings. The Hall–Kier alpha value is -2.53. The molecule has 2 aromatic rings. The predicted octanol–water partition coefficient (Wildman–Crippen LogP) is 3.12. The summed E-state index contributed by atoms with van der Waals surface area (Å²) in [6, 6.07) is 12.0. The number of methoxy groups -OCH3 is 2. The van der Waals surface area contributed by atoms with Crippen LogP contribution in [0.15, 0.2) is 47.6 Å². The molecule has 0 saturated carbocycles. The standard InChI is InChI=1S/C16H15ClN2O3/c1-21-14-7-12(8-15(9-14)22-2)16(20)19-18-10-11-3-5-13(17)6-4-11/h3-10H,1-2H3,(H,19,20)/b18-10+. The minimum Gasteiger partial charge on any atom is -0.497 e. The molecule has 0 heterocycles. The summed E-state index contributed by atoms with van der Waals surface area (Å²) in [5, 5.41) is 4.55. The van der Waals surface area contributed by atoms with Gasteiger partial charge in [0, 0.05) is 16.7 Å². The van der Waals surface area contributed by atoms with Crippen LogP contribution in [-0.4, -0.2) is 26.3 Å². The Kier molecular flexibility index (Phi) is 5.38. The van der Waals surface area contributed by atoms with Crippen LogP contribution in [-0.2, 0) is 0 Å². The number of benzene rings is 2. The smallest absolute Gasteiger partial charge is 0.271 e. The van der Waals surface area contributed by atoms with Crippen molar-refractivity contribution in [3.63, 3.8) is 0 Å². The summed E-state index contributed by atoms with van der Waals surface area (Å²) in [6.07, 6.45) is 1.53. The molecule has 0 spiro atoms. The second-order valence-corrected chi connectivity index (χ2v) is 4.79. The Morgan fingerprint density at radius 2 is 1.68 bits per heavy atom. The zero-order valence-corrected chi connectivity index (χ0v) is 12.9. The highest BCUT2D eigenvalue weighted by atomic mass is 35.5. The molecule has 0 aromatic heterocycles. The molecule has 0 aliphatic heterocycles. The van der Waals surface area contributed by atoms with Gasteiger partial charge in [-0.3, -0.25) is 4.79 Å². The van der Waals surface area contributed by atoms with Crippen LogP contribution < -0.4 is 14.9 Å². The van der Waals surface area contributed by atoms with Crippen molar-refractivity contribution >= 4 is 23.7 Å². The summed E-state index contributed by atoms with van der Waals surface area (Å²) < 4.78 is 10.2. The van der Waals surface area contributed by atoms with Crippen LogP contribution in [0.2, 0.25) is 5.02 Å². The molecule has 114 valence electrons. The van der Waals surface area contributed by atoms with Gasteiger partial charge >= 0.3 is 0 Å². The quantitative estimate of drug-likeness (QED) is 0.680. The molecular weight excluding hydrogens is 304 g/mol. The summed E-state index contributed by atoms with van der Waals surface area (Å²) >= 11 is 5.80. The van der Waals surface area contributed by atoms with Crippen LogP contribution in [0.1, 0.15) is 15.9 Å². The topological polar surface area (TPSA) is 59.9 Å². The van der Waals surface area contributed by atoms with Crippen LogP contribution in [0.3, 0.4) is 0 Å². The number of nitrogens with one attached hydrogen (secondary N) is 1. The summed E-state index contributed by atoms with van der Waals surface area (Å²) in [6.45, 7) is 0. The Labute approximate surface area is 133 Å². The molecule has 22 heavy (non-hydrogen) atoms. The van der Waals surface area contributed by atoms with Crippen molar-refractivity contribution in [3.8, 4) is 11.5 Å². The molecule has 1 amide bonds. The third kappa shape index (κ3) is 4.23. The van der Waals surface area contributed by atoms with Crippen LogP contribution in [0, 0.1) is 0 Å². The van der Waals surface area contributed by atoms with E-state index in [0.29, 0.717) is 22.1 Å². The molecule has 2 aromatic carbocycles. The highest BCUT2D eigenvalue weighted by Crippen LogP contribution is 2.22. The highest BCUT2D eigenvalue weighted by molar-refractivity contribution is 6.30. The van der Waals surface area contributed by atoms with E-state index >= 15 is 0 Å². The number of halogens is 1. The molecular formula is C16H15ClN2O3. The number of amides is 1. The van der Waals surface area contributed by atoms with E-state index in [0.717, 1.165) is 5.56 Å². The van der Waals surface area contributed by atoms with Crippen LogP contribution in [0.4, 0.5) is 0 Å². The summed E-state index contributed by atoms with van der Waals surface area (Å²) in [7, 11) is 3.05. The Bertz CT molecular complexity index is 662. The fraction of sp³-hybridized carbons (Fsp3) is 0.125. The molecule has 0 unspecified atom stereocenters. The maximum atomic E-state index is 12.1. The minimum absolute atomic E-state index is 0.359. The largest absolute Gasteiger partial charge is 0.497 e. The van der Waals surface area contributed by atoms with Gasteiger partial charge in [0.1, 0.15) is 11.5 Å². The minimum atomic E-state index is -0.359. The van der Waals surface area contributed by atoms with Crippen LogP contribution in [0.5, 0.6) is 11.5 Å². The first kappa shape index (κ1) is 15.9. The molecule has 0 radical (unpaired) electrons. The average Bonchev–Trinajstić information content (AvgIpc) is 2.56. The number of nitrogens with zero attached hydrogens (tertiary/aromatic N) is 1. The van der Waals surface area contributed by atoms with E-state index in [-0.39, 0.29) is 5.91 Å². The van der Waals surface area contributed by atoms with Gasteiger partial charge in [0.05, 0.1) is 20.4 Å². The Balaban J connectivity index is 2.07. The van der Waals surface area contributed by atoms with Crippen molar-refractivity contribution in [2.24, 2.45) is 5.10 Å². The van der Waals surface area contributed by atoms with Gasteiger partial charge in [-0.05, 0) is 29.8 Å². The van der Waals surface area contributed by atoms with E-state index in [2.05, 4.69) is 10.5 Å². The van der Waals surface area contributed by atoms with Crippen molar-refractivity contribution in [3.05, 3.63) is 58.6 Å². The monoisotopic (exact) mass is 318 g/mol. The van der Waals surface area contributed by atoms with Crippen LogP contribution >= 0.6 is 11.6 Å². The van der Waals surface area contributed by atoms with E-state index in [1.54, 1.807) is 42.5 Å². The maximum Gasteiger partial charge on any atom is 0.271 e. The lowest BCUT2D eigenvalue weighted by atomic mass is 10.2. The van der Waals surface area contributed by atoms with Gasteiger partial charge in [-0.2, -0.15) is 5.10 Å². The first-order valence-electron chi connectivity index (χ1n) is 6.44.